The molecule has 0 fully saturated rings. The maximum absolute atomic E-state index is 5.88. The van der Waals surface area contributed by atoms with E-state index < -0.39 is 0 Å². The first-order chi connectivity index (χ1) is 9.22. The molecule has 0 bridgehead atoms. The number of hydrogen-bond donors (Lipinski definition) is 1. The molecule has 0 saturated carbocycles. The fourth-order valence-corrected chi connectivity index (χ4v) is 3.02. The normalized spacial score (nSPS) is 21.8. The number of nitrogens with one attached hydrogen (secondary N) is 1. The molecule has 1 aromatic heterocycles. The molecule has 2 rings (SSSR count). The summed E-state index contributed by atoms with van der Waals surface area (Å²) in [6, 6.07) is 2.60. The Morgan fingerprint density at radius 1 is 1.45 bits per heavy atom. The lowest BCUT2D eigenvalue weighted by atomic mass is 9.74. The second-order valence-electron chi connectivity index (χ2n) is 7.50. The lowest BCUT2D eigenvalue weighted by Gasteiger charge is -2.35. The van der Waals surface area contributed by atoms with Crippen molar-refractivity contribution >= 4 is 0 Å². The fraction of sp³-hybridized carbons (Fsp3) is 0.765. The maximum atomic E-state index is 5.88. The van der Waals surface area contributed by atoms with Crippen molar-refractivity contribution in [1.82, 2.24) is 5.32 Å². The van der Waals surface area contributed by atoms with Crippen molar-refractivity contribution < 1.29 is 9.15 Å². The second kappa shape index (κ2) is 5.53. The molecule has 0 saturated heterocycles. The number of ether oxygens (including phenoxy) is 1. The van der Waals surface area contributed by atoms with Gasteiger partial charge in [-0.25, -0.2) is 0 Å². The van der Waals surface area contributed by atoms with Crippen LogP contribution < -0.4 is 5.32 Å². The molecule has 0 aromatic carbocycles. The van der Waals surface area contributed by atoms with Gasteiger partial charge in [0.05, 0.1) is 5.60 Å². The number of aryl methyl sites for hydroxylation is 1. The molecule has 114 valence electrons. The summed E-state index contributed by atoms with van der Waals surface area (Å²) in [6.07, 6.45) is 3.21. The largest absolute Gasteiger partial charge is 0.466 e. The molecule has 0 amide bonds. The summed E-state index contributed by atoms with van der Waals surface area (Å²) >= 11 is 0. The Morgan fingerprint density at radius 3 is 2.80 bits per heavy atom. The van der Waals surface area contributed by atoms with Gasteiger partial charge in [0, 0.05) is 25.1 Å². The van der Waals surface area contributed by atoms with Crippen LogP contribution in [0.15, 0.2) is 10.5 Å². The summed E-state index contributed by atoms with van der Waals surface area (Å²) in [5.41, 5.74) is 1.59. The van der Waals surface area contributed by atoms with Crippen molar-refractivity contribution in [2.24, 2.45) is 5.41 Å². The number of fused-ring (bicyclic) bond motifs is 1. The van der Waals surface area contributed by atoms with Crippen molar-refractivity contribution in [2.75, 3.05) is 13.7 Å². The molecule has 0 aliphatic heterocycles. The van der Waals surface area contributed by atoms with Crippen molar-refractivity contribution in [1.29, 1.82) is 0 Å². The number of furan rings is 1. The number of methoxy groups -OCH3 is 1. The van der Waals surface area contributed by atoms with Gasteiger partial charge in [0.15, 0.2) is 0 Å². The molecule has 1 unspecified atom stereocenters. The molecular weight excluding hydrogens is 250 g/mol. The van der Waals surface area contributed by atoms with Gasteiger partial charge in [0.2, 0.25) is 0 Å². The van der Waals surface area contributed by atoms with Crippen LogP contribution in [0.5, 0.6) is 0 Å². The van der Waals surface area contributed by atoms with E-state index in [1.807, 2.05) is 6.92 Å². The second-order valence-corrected chi connectivity index (χ2v) is 7.50. The van der Waals surface area contributed by atoms with Crippen LogP contribution in [0.1, 0.15) is 63.7 Å². The van der Waals surface area contributed by atoms with E-state index in [0.717, 1.165) is 31.6 Å². The lowest BCUT2D eigenvalue weighted by Crippen LogP contribution is -2.35. The first kappa shape index (κ1) is 15.6. The van der Waals surface area contributed by atoms with E-state index in [-0.39, 0.29) is 5.60 Å². The topological polar surface area (TPSA) is 34.4 Å². The molecule has 1 aliphatic rings. The standard InChI is InChI=1S/C17H29NO2/c1-12-9-13-14(18-8-7-17(4,5)19-6)10-16(2,3)11-15(13)20-12/h9,14,18H,7-8,10-11H2,1-6H3. The summed E-state index contributed by atoms with van der Waals surface area (Å²) in [4.78, 5) is 0. The summed E-state index contributed by atoms with van der Waals surface area (Å²) in [7, 11) is 1.78. The van der Waals surface area contributed by atoms with Crippen LogP contribution in [0.25, 0.3) is 0 Å². The molecule has 0 radical (unpaired) electrons. The highest BCUT2D eigenvalue weighted by molar-refractivity contribution is 5.29. The van der Waals surface area contributed by atoms with E-state index in [1.165, 1.54) is 11.3 Å². The van der Waals surface area contributed by atoms with Crippen LogP contribution >= 0.6 is 0 Å². The van der Waals surface area contributed by atoms with Gasteiger partial charge < -0.3 is 14.5 Å². The van der Waals surface area contributed by atoms with Crippen molar-refractivity contribution in [3.05, 3.63) is 23.2 Å². The van der Waals surface area contributed by atoms with Crippen LogP contribution in [-0.2, 0) is 11.2 Å². The zero-order chi connectivity index (χ0) is 15.0. The van der Waals surface area contributed by atoms with E-state index in [9.17, 15) is 0 Å². The van der Waals surface area contributed by atoms with E-state index in [1.54, 1.807) is 7.11 Å². The average Bonchev–Trinajstić information content (AvgIpc) is 2.67. The zero-order valence-electron chi connectivity index (χ0n) is 13.8. The Labute approximate surface area is 123 Å². The minimum atomic E-state index is -0.0632. The van der Waals surface area contributed by atoms with E-state index in [0.29, 0.717) is 11.5 Å². The van der Waals surface area contributed by atoms with Gasteiger partial charge >= 0.3 is 0 Å². The van der Waals surface area contributed by atoms with E-state index >= 15 is 0 Å². The minimum Gasteiger partial charge on any atom is -0.466 e. The SMILES string of the molecule is COC(C)(C)CCNC1CC(C)(C)Cc2oc(C)cc21. The van der Waals surface area contributed by atoms with Crippen molar-refractivity contribution in [3.63, 3.8) is 0 Å². The fourth-order valence-electron chi connectivity index (χ4n) is 3.02. The Kier molecular flexibility index (Phi) is 4.31. The van der Waals surface area contributed by atoms with Crippen LogP contribution in [0.4, 0.5) is 0 Å². The smallest absolute Gasteiger partial charge is 0.109 e. The third-order valence-corrected chi connectivity index (χ3v) is 4.41. The van der Waals surface area contributed by atoms with Crippen molar-refractivity contribution in [2.45, 2.75) is 65.5 Å². The first-order valence-electron chi connectivity index (χ1n) is 7.60. The molecular formula is C17H29NO2. The Hall–Kier alpha value is -0.800. The van der Waals surface area contributed by atoms with E-state index in [2.05, 4.69) is 39.1 Å². The maximum Gasteiger partial charge on any atom is 0.109 e. The van der Waals surface area contributed by atoms with Gasteiger partial charge in [-0.05, 0) is 51.6 Å². The molecule has 20 heavy (non-hydrogen) atoms. The quantitative estimate of drug-likeness (QED) is 0.884. The van der Waals surface area contributed by atoms with Gasteiger partial charge in [0.25, 0.3) is 0 Å². The highest BCUT2D eigenvalue weighted by Gasteiger charge is 2.34. The number of rotatable bonds is 5. The molecule has 1 N–H and O–H groups in total. The highest BCUT2D eigenvalue weighted by atomic mass is 16.5. The average molecular weight is 279 g/mol. The predicted octanol–water partition coefficient (Wildman–Crippen LogP) is 4.01. The number of hydrogen-bond acceptors (Lipinski definition) is 3. The molecule has 3 heteroatoms. The molecule has 0 spiro atoms. The summed E-state index contributed by atoms with van der Waals surface area (Å²) in [5.74, 6) is 2.19. The van der Waals surface area contributed by atoms with E-state index in [4.69, 9.17) is 9.15 Å². The third kappa shape index (κ3) is 3.64. The zero-order valence-corrected chi connectivity index (χ0v) is 13.8. The molecule has 3 nitrogen and oxygen atoms in total. The molecule has 1 heterocycles. The summed E-state index contributed by atoms with van der Waals surface area (Å²) in [6.45, 7) is 11.9. The van der Waals surface area contributed by atoms with Gasteiger partial charge in [0.1, 0.15) is 11.5 Å². The summed E-state index contributed by atoms with van der Waals surface area (Å²) < 4.78 is 11.4. The van der Waals surface area contributed by atoms with Crippen LogP contribution in [0.2, 0.25) is 0 Å². The monoisotopic (exact) mass is 279 g/mol. The van der Waals surface area contributed by atoms with Crippen molar-refractivity contribution in [3.8, 4) is 0 Å². The van der Waals surface area contributed by atoms with Gasteiger partial charge in [-0.2, -0.15) is 0 Å². The molecule has 1 aromatic rings. The lowest BCUT2D eigenvalue weighted by molar-refractivity contribution is 0.0149. The van der Waals surface area contributed by atoms with Crippen LogP contribution in [-0.4, -0.2) is 19.3 Å². The Bertz CT molecular complexity index is 460. The summed E-state index contributed by atoms with van der Waals surface area (Å²) in [5, 5.41) is 3.70. The third-order valence-electron chi connectivity index (χ3n) is 4.41. The molecule has 1 atom stereocenters. The minimum absolute atomic E-state index is 0.0632. The highest BCUT2D eigenvalue weighted by Crippen LogP contribution is 2.42. The van der Waals surface area contributed by atoms with Gasteiger partial charge in [-0.3, -0.25) is 0 Å². The Morgan fingerprint density at radius 2 is 2.15 bits per heavy atom. The Balaban J connectivity index is 2.04. The van der Waals surface area contributed by atoms with Gasteiger partial charge in [-0.15, -0.1) is 0 Å². The molecule has 1 aliphatic carbocycles. The first-order valence-corrected chi connectivity index (χ1v) is 7.60. The van der Waals surface area contributed by atoms with Gasteiger partial charge in [-0.1, -0.05) is 13.8 Å². The van der Waals surface area contributed by atoms with Crippen LogP contribution in [0, 0.1) is 12.3 Å². The van der Waals surface area contributed by atoms with Crippen LogP contribution in [0.3, 0.4) is 0 Å². The predicted molar refractivity (Wildman–Crippen MR) is 82.0 cm³/mol.